The van der Waals surface area contributed by atoms with Crippen LogP contribution in [0, 0.1) is 13.8 Å². The number of hydrogen-bond acceptors (Lipinski definition) is 4. The van der Waals surface area contributed by atoms with Crippen molar-refractivity contribution in [2.45, 2.75) is 33.2 Å². The number of benzene rings is 1. The Morgan fingerprint density at radius 1 is 1.20 bits per heavy atom. The Hall–Kier alpha value is -2.32. The van der Waals surface area contributed by atoms with Gasteiger partial charge in [-0.25, -0.2) is 9.59 Å². The van der Waals surface area contributed by atoms with E-state index in [1.54, 1.807) is 4.90 Å². The number of hydrogen-bond donors (Lipinski definition) is 2. The van der Waals surface area contributed by atoms with Crippen molar-refractivity contribution >= 4 is 17.7 Å². The highest BCUT2D eigenvalue weighted by Gasteiger charge is 2.37. The first-order valence-electron chi connectivity index (χ1n) is 11.0. The Kier molecular flexibility index (Phi) is 7.93. The van der Waals surface area contributed by atoms with Gasteiger partial charge in [0.2, 0.25) is 0 Å². The highest BCUT2D eigenvalue weighted by molar-refractivity contribution is 5.91. The summed E-state index contributed by atoms with van der Waals surface area (Å²) in [5.74, 6) is 0. The fourth-order valence-corrected chi connectivity index (χ4v) is 3.82. The predicted octanol–water partition coefficient (Wildman–Crippen LogP) is 2.27. The van der Waals surface area contributed by atoms with Crippen LogP contribution >= 0.6 is 0 Å². The molecule has 8 nitrogen and oxygen atoms in total. The van der Waals surface area contributed by atoms with Gasteiger partial charge in [-0.3, -0.25) is 4.90 Å². The molecule has 3 rings (SSSR count). The molecule has 0 spiro atoms. The molecule has 0 aromatic heterocycles. The number of aryl methyl sites for hydroxylation is 2. The minimum absolute atomic E-state index is 0.0375. The van der Waals surface area contributed by atoms with Gasteiger partial charge in [0.15, 0.2) is 0 Å². The molecule has 2 aliphatic heterocycles. The summed E-state index contributed by atoms with van der Waals surface area (Å²) in [6, 6.07) is 5.89. The smallest absolute Gasteiger partial charge is 0.321 e. The SMILES string of the molecule is CCCNC(=O)N(CCN1CCOCC1)C1CN(C(=O)Nc2ccc(C)cc2C)C1. The number of ether oxygens (including phenoxy) is 1. The average molecular weight is 418 g/mol. The summed E-state index contributed by atoms with van der Waals surface area (Å²) in [7, 11) is 0. The normalized spacial score (nSPS) is 17.4. The Morgan fingerprint density at radius 3 is 2.60 bits per heavy atom. The summed E-state index contributed by atoms with van der Waals surface area (Å²) < 4.78 is 5.41. The van der Waals surface area contributed by atoms with Crippen LogP contribution in [0.3, 0.4) is 0 Å². The van der Waals surface area contributed by atoms with Crippen LogP contribution < -0.4 is 10.6 Å². The number of likely N-dealkylation sites (tertiary alicyclic amines) is 1. The van der Waals surface area contributed by atoms with Crippen LogP contribution in [0.2, 0.25) is 0 Å². The van der Waals surface area contributed by atoms with Gasteiger partial charge in [-0.2, -0.15) is 0 Å². The van der Waals surface area contributed by atoms with Gasteiger partial charge in [-0.05, 0) is 31.9 Å². The van der Waals surface area contributed by atoms with Crippen molar-refractivity contribution in [3.63, 3.8) is 0 Å². The maximum atomic E-state index is 12.7. The monoisotopic (exact) mass is 417 g/mol. The van der Waals surface area contributed by atoms with Crippen LogP contribution in [-0.4, -0.2) is 91.8 Å². The number of morpholine rings is 1. The van der Waals surface area contributed by atoms with E-state index < -0.39 is 0 Å². The molecule has 166 valence electrons. The number of carbonyl (C=O) groups is 2. The van der Waals surface area contributed by atoms with Crippen molar-refractivity contribution in [3.8, 4) is 0 Å². The Bertz CT molecular complexity index is 729. The topological polar surface area (TPSA) is 77.2 Å². The van der Waals surface area contributed by atoms with Crippen molar-refractivity contribution in [3.05, 3.63) is 29.3 Å². The average Bonchev–Trinajstić information content (AvgIpc) is 2.70. The molecule has 1 aromatic carbocycles. The minimum atomic E-state index is -0.111. The first-order valence-corrected chi connectivity index (χ1v) is 11.0. The van der Waals surface area contributed by atoms with Crippen molar-refractivity contribution in [1.82, 2.24) is 20.0 Å². The lowest BCUT2D eigenvalue weighted by atomic mass is 10.1. The lowest BCUT2D eigenvalue weighted by molar-refractivity contribution is 0.0266. The van der Waals surface area contributed by atoms with E-state index in [0.29, 0.717) is 26.2 Å². The van der Waals surface area contributed by atoms with Gasteiger partial charge >= 0.3 is 12.1 Å². The summed E-state index contributed by atoms with van der Waals surface area (Å²) in [6.45, 7) is 12.6. The van der Waals surface area contributed by atoms with Crippen molar-refractivity contribution in [2.75, 3.05) is 64.3 Å². The maximum Gasteiger partial charge on any atom is 0.321 e. The van der Waals surface area contributed by atoms with E-state index >= 15 is 0 Å². The number of carbonyl (C=O) groups excluding carboxylic acids is 2. The molecule has 1 aromatic rings. The van der Waals surface area contributed by atoms with Gasteiger partial charge in [-0.15, -0.1) is 0 Å². The molecule has 0 bridgehead atoms. The summed E-state index contributed by atoms with van der Waals surface area (Å²) in [5, 5.41) is 5.98. The second-order valence-corrected chi connectivity index (χ2v) is 8.19. The zero-order valence-electron chi connectivity index (χ0n) is 18.4. The lowest BCUT2D eigenvalue weighted by Crippen LogP contribution is -2.65. The zero-order valence-corrected chi connectivity index (χ0v) is 18.4. The maximum absolute atomic E-state index is 12.7. The van der Waals surface area contributed by atoms with Crippen molar-refractivity contribution in [1.29, 1.82) is 0 Å². The third-order valence-electron chi connectivity index (χ3n) is 5.76. The highest BCUT2D eigenvalue weighted by Crippen LogP contribution is 2.20. The second kappa shape index (κ2) is 10.6. The summed E-state index contributed by atoms with van der Waals surface area (Å²) >= 11 is 0. The minimum Gasteiger partial charge on any atom is -0.379 e. The number of nitrogens with one attached hydrogen (secondary N) is 2. The molecule has 2 aliphatic rings. The van der Waals surface area contributed by atoms with E-state index in [-0.39, 0.29) is 18.1 Å². The molecule has 30 heavy (non-hydrogen) atoms. The fourth-order valence-electron chi connectivity index (χ4n) is 3.82. The van der Waals surface area contributed by atoms with Crippen molar-refractivity contribution < 1.29 is 14.3 Å². The molecule has 2 heterocycles. The first kappa shape index (κ1) is 22.4. The van der Waals surface area contributed by atoms with Gasteiger partial charge < -0.3 is 25.2 Å². The summed E-state index contributed by atoms with van der Waals surface area (Å²) in [4.78, 5) is 31.3. The molecular weight excluding hydrogens is 382 g/mol. The van der Waals surface area contributed by atoms with Gasteiger partial charge in [0.25, 0.3) is 0 Å². The Morgan fingerprint density at radius 2 is 1.93 bits per heavy atom. The largest absolute Gasteiger partial charge is 0.379 e. The second-order valence-electron chi connectivity index (χ2n) is 8.19. The van der Waals surface area contributed by atoms with Crippen molar-refractivity contribution in [2.24, 2.45) is 0 Å². The molecule has 0 atom stereocenters. The van der Waals surface area contributed by atoms with Crippen LogP contribution in [0.5, 0.6) is 0 Å². The van der Waals surface area contributed by atoms with E-state index in [4.69, 9.17) is 4.74 Å². The van der Waals surface area contributed by atoms with Gasteiger partial charge in [0.05, 0.1) is 19.3 Å². The molecule has 2 fully saturated rings. The molecule has 0 unspecified atom stereocenters. The molecular formula is C22H35N5O3. The highest BCUT2D eigenvalue weighted by atomic mass is 16.5. The standard InChI is InChI=1S/C22H35N5O3/c1-4-7-23-21(28)27(9-8-25-10-12-30-13-11-25)19-15-26(16-19)22(29)24-20-6-5-17(2)14-18(20)3/h5-6,14,19H,4,7-13,15-16H2,1-3H3,(H,23,28)(H,24,29). The summed E-state index contributed by atoms with van der Waals surface area (Å²) in [5.41, 5.74) is 3.05. The van der Waals surface area contributed by atoms with Crippen LogP contribution in [0.4, 0.5) is 15.3 Å². The van der Waals surface area contributed by atoms with Gasteiger partial charge in [-0.1, -0.05) is 24.6 Å². The number of amides is 4. The molecule has 2 saturated heterocycles. The zero-order chi connectivity index (χ0) is 21.5. The molecule has 0 saturated carbocycles. The third-order valence-corrected chi connectivity index (χ3v) is 5.76. The van der Waals surface area contributed by atoms with E-state index in [2.05, 4.69) is 21.6 Å². The van der Waals surface area contributed by atoms with Gasteiger partial charge in [0, 0.05) is 51.5 Å². The lowest BCUT2D eigenvalue weighted by Gasteiger charge is -2.45. The molecule has 2 N–H and O–H groups in total. The Balaban J connectivity index is 1.53. The number of urea groups is 2. The molecule has 0 radical (unpaired) electrons. The van der Waals surface area contributed by atoms with Crippen LogP contribution in [0.1, 0.15) is 24.5 Å². The fraction of sp³-hybridized carbons (Fsp3) is 0.636. The number of rotatable bonds is 7. The number of anilines is 1. The van der Waals surface area contributed by atoms with Crippen LogP contribution in [0.25, 0.3) is 0 Å². The number of nitrogens with zero attached hydrogens (tertiary/aromatic N) is 3. The van der Waals surface area contributed by atoms with E-state index in [0.717, 1.165) is 50.5 Å². The first-order chi connectivity index (χ1) is 14.5. The summed E-state index contributed by atoms with van der Waals surface area (Å²) in [6.07, 6.45) is 0.901. The predicted molar refractivity (Wildman–Crippen MR) is 118 cm³/mol. The van der Waals surface area contributed by atoms with E-state index in [1.165, 1.54) is 5.56 Å². The van der Waals surface area contributed by atoms with Crippen LogP contribution in [0.15, 0.2) is 18.2 Å². The third kappa shape index (κ3) is 5.86. The van der Waals surface area contributed by atoms with E-state index in [9.17, 15) is 9.59 Å². The van der Waals surface area contributed by atoms with Crippen LogP contribution in [-0.2, 0) is 4.74 Å². The van der Waals surface area contributed by atoms with E-state index in [1.807, 2.05) is 37.8 Å². The molecule has 4 amide bonds. The molecule has 0 aliphatic carbocycles. The molecule has 8 heteroatoms. The Labute approximate surface area is 179 Å². The van der Waals surface area contributed by atoms with Gasteiger partial charge in [0.1, 0.15) is 0 Å². The quantitative estimate of drug-likeness (QED) is 0.714.